The molecule has 4 rings (SSSR count). The molecule has 4 heterocycles. The fraction of sp³-hybridized carbons (Fsp3) is 0.903. The number of nitrogens with one attached hydrogen (secondary N) is 2. The van der Waals surface area contributed by atoms with Crippen LogP contribution in [0.5, 0.6) is 0 Å². The second kappa shape index (κ2) is 19.8. The summed E-state index contributed by atoms with van der Waals surface area (Å²) in [7, 11) is 0. The van der Waals surface area contributed by atoms with Crippen LogP contribution in [0.25, 0.3) is 0 Å². The first-order valence-electron chi connectivity index (χ1n) is 17.7. The van der Waals surface area contributed by atoms with Gasteiger partial charge in [-0.1, -0.05) is 0 Å². The molecule has 4 fully saturated rings. The van der Waals surface area contributed by atoms with Crippen LogP contribution in [0.15, 0.2) is 0 Å². The summed E-state index contributed by atoms with van der Waals surface area (Å²) in [6.45, 7) is -1.89. The minimum atomic E-state index is -2.91. The lowest BCUT2D eigenvalue weighted by Gasteiger charge is -2.49. The fourth-order valence-electron chi connectivity index (χ4n) is 6.95. The maximum atomic E-state index is 12.6. The van der Waals surface area contributed by atoms with Crippen LogP contribution in [-0.4, -0.2) is 244 Å². The molecule has 4 aliphatic heterocycles. The van der Waals surface area contributed by atoms with Gasteiger partial charge in [0.2, 0.25) is 11.8 Å². The van der Waals surface area contributed by atoms with Crippen molar-refractivity contribution in [3.8, 4) is 0 Å². The second-order valence-corrected chi connectivity index (χ2v) is 14.1. The lowest BCUT2D eigenvalue weighted by atomic mass is 9.88. The Hall–Kier alpha value is -2.39. The summed E-state index contributed by atoms with van der Waals surface area (Å²) in [4.78, 5) is 36.6. The van der Waals surface area contributed by atoms with E-state index in [4.69, 9.17) is 33.2 Å². The maximum Gasteiger partial charge on any atom is 0.364 e. The monoisotopic (exact) mass is 836 g/mol. The number of carbonyl (C=O) groups is 3. The van der Waals surface area contributed by atoms with Crippen molar-refractivity contribution < 1.29 is 119 Å². The molecule has 26 nitrogen and oxygen atoms in total. The third-order valence-electron chi connectivity index (χ3n) is 9.98. The highest BCUT2D eigenvalue weighted by Crippen LogP contribution is 2.36. The molecule has 21 atom stereocenters. The highest BCUT2D eigenvalue weighted by Gasteiger charge is 2.58. The summed E-state index contributed by atoms with van der Waals surface area (Å²) < 4.78 is 38.7. The van der Waals surface area contributed by atoms with Gasteiger partial charge in [0.25, 0.3) is 5.79 Å². The van der Waals surface area contributed by atoms with Crippen molar-refractivity contribution in [1.29, 1.82) is 0 Å². The van der Waals surface area contributed by atoms with Crippen molar-refractivity contribution in [2.45, 2.75) is 149 Å². The molecule has 4 saturated heterocycles. The van der Waals surface area contributed by atoms with E-state index in [9.17, 15) is 85.9 Å². The normalized spacial score (nSPS) is 45.1. The Labute approximate surface area is 322 Å². The van der Waals surface area contributed by atoms with Gasteiger partial charge < -0.3 is 115 Å². The molecule has 57 heavy (non-hydrogen) atoms. The molecule has 2 amide bonds. The summed E-state index contributed by atoms with van der Waals surface area (Å²) in [6.07, 6.45) is -35.1. The van der Waals surface area contributed by atoms with Gasteiger partial charge >= 0.3 is 5.97 Å². The van der Waals surface area contributed by atoms with Crippen molar-refractivity contribution in [2.75, 3.05) is 26.4 Å². The van der Waals surface area contributed by atoms with Gasteiger partial charge in [-0.15, -0.1) is 0 Å². The first kappa shape index (κ1) is 47.3. The highest BCUT2D eigenvalue weighted by atomic mass is 16.8. The SMILES string of the molecule is CC(=O)N[C@H]1[C@H](O[C@@H]2[C@H](O)[C@@H](O)[C@H](O[C@H]3[C@H](O)[C@@H](O)[C@H](O)O[C@@H]3CO)O[C@@H]2CO)O[C@H](CO[C@]2(C(=O)O)C[C@H](O)[C@@H](NC(C)=O)[C@H]([C@H](O)[C@H](O)CO)O2)[C@H](O)[C@@H]1O. The number of aliphatic carboxylic acids is 1. The molecule has 4 aliphatic rings. The van der Waals surface area contributed by atoms with E-state index in [0.29, 0.717) is 0 Å². The van der Waals surface area contributed by atoms with Gasteiger partial charge in [0, 0.05) is 20.3 Å². The van der Waals surface area contributed by atoms with E-state index < -0.39 is 179 Å². The number of hydrogen-bond donors (Lipinski definition) is 16. The van der Waals surface area contributed by atoms with Crippen LogP contribution < -0.4 is 10.6 Å². The summed E-state index contributed by atoms with van der Waals surface area (Å²) >= 11 is 0. The van der Waals surface area contributed by atoms with Gasteiger partial charge in [-0.2, -0.15) is 0 Å². The molecular weight excluding hydrogens is 784 g/mol. The minimum Gasteiger partial charge on any atom is -0.477 e. The van der Waals surface area contributed by atoms with Crippen molar-refractivity contribution in [3.05, 3.63) is 0 Å². The summed E-state index contributed by atoms with van der Waals surface area (Å²) in [6, 6.07) is -3.22. The van der Waals surface area contributed by atoms with Crippen LogP contribution in [0.3, 0.4) is 0 Å². The quantitative estimate of drug-likeness (QED) is 0.0728. The number of carboxylic acids is 1. The van der Waals surface area contributed by atoms with Gasteiger partial charge in [-0.3, -0.25) is 9.59 Å². The van der Waals surface area contributed by atoms with Crippen LogP contribution in [0.4, 0.5) is 0 Å². The molecule has 0 aliphatic carbocycles. The molecule has 0 aromatic rings. The number of aliphatic hydroxyl groups excluding tert-OH is 13. The van der Waals surface area contributed by atoms with Gasteiger partial charge in [-0.25, -0.2) is 4.79 Å². The summed E-state index contributed by atoms with van der Waals surface area (Å²) in [5, 5.41) is 150. The van der Waals surface area contributed by atoms with E-state index in [1.165, 1.54) is 0 Å². The van der Waals surface area contributed by atoms with Crippen molar-refractivity contribution in [1.82, 2.24) is 10.6 Å². The largest absolute Gasteiger partial charge is 0.477 e. The van der Waals surface area contributed by atoms with Gasteiger partial charge in [-0.05, 0) is 0 Å². The maximum absolute atomic E-state index is 12.6. The number of amides is 2. The number of aliphatic hydroxyl groups is 13. The molecular formula is C31H52N2O24. The fourth-order valence-corrected chi connectivity index (χ4v) is 6.95. The van der Waals surface area contributed by atoms with Crippen LogP contribution >= 0.6 is 0 Å². The van der Waals surface area contributed by atoms with Crippen molar-refractivity contribution in [3.63, 3.8) is 0 Å². The molecule has 0 aromatic carbocycles. The van der Waals surface area contributed by atoms with E-state index in [1.54, 1.807) is 0 Å². The standard InChI is InChI=1S/C31H52N2O24/c1-8(37)32-15-10(39)3-31(30(49)50,57-26(15)17(41)11(40)4-34)51-7-14-18(42)19(43)16(33-9(2)38)28(54-14)55-25-13(6-36)53-29(23(47)21(25)45)56-24-12(5-35)52-27(48)22(46)20(24)44/h10-29,34-36,39-48H,3-7H2,1-2H3,(H,32,37)(H,33,38)(H,49,50)/t10-,11+,12+,13+,14+,15+,16+,17+,18-,19+,20+,21+,22+,23+,24+,25-,26+,27+,28-,29-,31+/m0/s1. The van der Waals surface area contributed by atoms with E-state index in [0.717, 1.165) is 13.8 Å². The lowest BCUT2D eigenvalue weighted by Crippen LogP contribution is -2.69. The topological polar surface area (TPSA) is 423 Å². The molecule has 0 aromatic heterocycles. The number of ether oxygens (including phenoxy) is 7. The zero-order chi connectivity index (χ0) is 42.7. The third-order valence-corrected chi connectivity index (χ3v) is 9.98. The van der Waals surface area contributed by atoms with Crippen LogP contribution in [0, 0.1) is 0 Å². The predicted octanol–water partition coefficient (Wildman–Crippen LogP) is -10.3. The Bertz CT molecular complexity index is 1350. The highest BCUT2D eigenvalue weighted by molar-refractivity contribution is 5.76. The smallest absolute Gasteiger partial charge is 0.364 e. The first-order valence-corrected chi connectivity index (χ1v) is 17.7. The lowest BCUT2D eigenvalue weighted by molar-refractivity contribution is -0.374. The molecule has 26 heteroatoms. The van der Waals surface area contributed by atoms with Gasteiger partial charge in [0.1, 0.15) is 91.5 Å². The second-order valence-electron chi connectivity index (χ2n) is 14.1. The zero-order valence-corrected chi connectivity index (χ0v) is 30.4. The van der Waals surface area contributed by atoms with Crippen LogP contribution in [-0.2, 0) is 47.5 Å². The van der Waals surface area contributed by atoms with E-state index in [2.05, 4.69) is 10.6 Å². The molecule has 16 N–H and O–H groups in total. The minimum absolute atomic E-state index is 0.754. The Morgan fingerprint density at radius 1 is 0.702 bits per heavy atom. The molecule has 0 saturated carbocycles. The molecule has 0 spiro atoms. The van der Waals surface area contributed by atoms with Gasteiger partial charge in [0.15, 0.2) is 18.9 Å². The molecule has 330 valence electrons. The molecule has 0 unspecified atom stereocenters. The third kappa shape index (κ3) is 10.3. The number of hydrogen-bond acceptors (Lipinski definition) is 23. The summed E-state index contributed by atoms with van der Waals surface area (Å²) in [5.41, 5.74) is 0. The first-order chi connectivity index (χ1) is 26.7. The van der Waals surface area contributed by atoms with Crippen molar-refractivity contribution >= 4 is 17.8 Å². The van der Waals surface area contributed by atoms with E-state index in [-0.39, 0.29) is 0 Å². The Kier molecular flexibility index (Phi) is 16.4. The van der Waals surface area contributed by atoms with Gasteiger partial charge in [0.05, 0.1) is 38.6 Å². The van der Waals surface area contributed by atoms with E-state index in [1.807, 2.05) is 0 Å². The number of carbonyl (C=O) groups excluding carboxylic acids is 2. The average Bonchev–Trinajstić information content (AvgIpc) is 3.16. The summed E-state index contributed by atoms with van der Waals surface area (Å²) in [5.74, 6) is -6.39. The molecule has 0 bridgehead atoms. The van der Waals surface area contributed by atoms with Crippen LogP contribution in [0.2, 0.25) is 0 Å². The Morgan fingerprint density at radius 3 is 1.77 bits per heavy atom. The van der Waals surface area contributed by atoms with Crippen molar-refractivity contribution in [2.24, 2.45) is 0 Å². The average molecular weight is 837 g/mol. The zero-order valence-electron chi connectivity index (χ0n) is 30.4. The molecule has 0 radical (unpaired) electrons. The number of carboxylic acid groups (broad SMARTS) is 1. The Balaban J connectivity index is 1.56. The Morgan fingerprint density at radius 2 is 1.23 bits per heavy atom. The predicted molar refractivity (Wildman–Crippen MR) is 174 cm³/mol. The van der Waals surface area contributed by atoms with Crippen LogP contribution in [0.1, 0.15) is 20.3 Å². The number of rotatable bonds is 15. The van der Waals surface area contributed by atoms with E-state index >= 15 is 0 Å².